The van der Waals surface area contributed by atoms with Crippen molar-refractivity contribution in [2.45, 2.75) is 67.4 Å². The van der Waals surface area contributed by atoms with E-state index in [2.05, 4.69) is 20.8 Å². The topological polar surface area (TPSA) is 104 Å². The van der Waals surface area contributed by atoms with Crippen LogP contribution in [0.2, 0.25) is 0 Å². The van der Waals surface area contributed by atoms with Gasteiger partial charge >= 0.3 is 5.97 Å². The summed E-state index contributed by atoms with van der Waals surface area (Å²) in [5.74, 6) is -2.45. The van der Waals surface area contributed by atoms with Crippen LogP contribution in [0, 0.1) is 24.7 Å². The molecule has 1 aromatic carbocycles. The smallest absolute Gasteiger partial charge is 0.339 e. The molecule has 2 rings (SSSR count). The molecule has 6 nitrogen and oxygen atoms in total. The van der Waals surface area contributed by atoms with Gasteiger partial charge in [-0.1, -0.05) is 53.7 Å². The van der Waals surface area contributed by atoms with E-state index in [0.717, 1.165) is 11.1 Å². The number of phenols is 1. The molecule has 1 aromatic rings. The van der Waals surface area contributed by atoms with Gasteiger partial charge in [0.15, 0.2) is 17.3 Å². The zero-order chi connectivity index (χ0) is 25.5. The average molecular weight is 457 g/mol. The van der Waals surface area contributed by atoms with Gasteiger partial charge in [0.05, 0.1) is 18.3 Å². The van der Waals surface area contributed by atoms with E-state index in [1.54, 1.807) is 19.9 Å². The number of ether oxygens (including phenoxy) is 1. The lowest BCUT2D eigenvalue weighted by atomic mass is 9.67. The fraction of sp³-hybridized carbons (Fsp3) is 0.481. The standard InChI is InChI=1S/C27H36O6/c1-15-16(2)21(24(30)31)23(33-9)22(29)20(15)19(28)11-10-17-12-18(25(3,4)5)14-27(32,13-17)26(6,7)8/h10-12,14,29,32H,13H2,1-9H3,(H,30,31). The molecular formula is C27H36O6. The number of ketones is 1. The Balaban J connectivity index is 2.55. The van der Waals surface area contributed by atoms with E-state index in [1.165, 1.54) is 13.2 Å². The Bertz CT molecular complexity index is 1070. The first kappa shape index (κ1) is 26.4. The van der Waals surface area contributed by atoms with E-state index < -0.39 is 28.5 Å². The van der Waals surface area contributed by atoms with Crippen molar-refractivity contribution in [3.8, 4) is 11.5 Å². The SMILES string of the molecule is COc1c(O)c(C(=O)C=CC2=CC(C(C)(C)C)=CC(O)(C(C)(C)C)C2)c(C)c(C)c1C(=O)O. The minimum absolute atomic E-state index is 0.000297. The summed E-state index contributed by atoms with van der Waals surface area (Å²) in [6, 6.07) is 0. The Kier molecular flexibility index (Phi) is 7.06. The molecule has 0 aromatic heterocycles. The molecule has 0 spiro atoms. The van der Waals surface area contributed by atoms with Crippen LogP contribution >= 0.6 is 0 Å². The van der Waals surface area contributed by atoms with Crippen LogP contribution < -0.4 is 4.74 Å². The van der Waals surface area contributed by atoms with Crippen LogP contribution in [0.15, 0.2) is 35.5 Å². The van der Waals surface area contributed by atoms with E-state index in [9.17, 15) is 24.9 Å². The number of hydrogen-bond donors (Lipinski definition) is 3. The molecule has 0 heterocycles. The number of methoxy groups -OCH3 is 1. The molecular weight excluding hydrogens is 420 g/mol. The fourth-order valence-electron chi connectivity index (χ4n) is 3.91. The maximum Gasteiger partial charge on any atom is 0.339 e. The minimum atomic E-state index is -1.24. The molecule has 0 saturated heterocycles. The second-order valence-electron chi connectivity index (χ2n) is 10.8. The molecule has 3 N–H and O–H groups in total. The van der Waals surface area contributed by atoms with Crippen LogP contribution in [0.4, 0.5) is 0 Å². The summed E-state index contributed by atoms with van der Waals surface area (Å²) in [5.41, 5.74) is 0.607. The molecule has 180 valence electrons. The molecule has 0 bridgehead atoms. The molecule has 33 heavy (non-hydrogen) atoms. The molecule has 6 heteroatoms. The molecule has 0 aliphatic heterocycles. The number of carboxylic acids is 1. The van der Waals surface area contributed by atoms with Crippen molar-refractivity contribution in [2.75, 3.05) is 7.11 Å². The van der Waals surface area contributed by atoms with E-state index in [0.29, 0.717) is 17.5 Å². The number of aromatic hydroxyl groups is 1. The predicted molar refractivity (Wildman–Crippen MR) is 129 cm³/mol. The van der Waals surface area contributed by atoms with Gasteiger partial charge in [0, 0.05) is 6.42 Å². The highest BCUT2D eigenvalue weighted by atomic mass is 16.5. The zero-order valence-corrected chi connectivity index (χ0v) is 21.1. The van der Waals surface area contributed by atoms with Gasteiger partial charge < -0.3 is 20.1 Å². The lowest BCUT2D eigenvalue weighted by Crippen LogP contribution is -2.43. The number of carboxylic acid groups (broad SMARTS) is 1. The summed E-state index contributed by atoms with van der Waals surface area (Å²) >= 11 is 0. The first-order chi connectivity index (χ1) is 14.9. The lowest BCUT2D eigenvalue weighted by molar-refractivity contribution is -0.0151. The number of carbonyl (C=O) groups is 2. The van der Waals surface area contributed by atoms with Gasteiger partial charge in [0.25, 0.3) is 0 Å². The van der Waals surface area contributed by atoms with Gasteiger partial charge in [-0.05, 0) is 59.1 Å². The number of allylic oxidation sites excluding steroid dienone is 4. The van der Waals surface area contributed by atoms with Gasteiger partial charge in [-0.3, -0.25) is 4.79 Å². The Morgan fingerprint density at radius 3 is 2.06 bits per heavy atom. The lowest BCUT2D eigenvalue weighted by Gasteiger charge is -2.42. The van der Waals surface area contributed by atoms with E-state index >= 15 is 0 Å². The highest BCUT2D eigenvalue weighted by Gasteiger charge is 2.41. The van der Waals surface area contributed by atoms with Crippen LogP contribution in [0.5, 0.6) is 11.5 Å². The third-order valence-electron chi connectivity index (χ3n) is 6.48. The summed E-state index contributed by atoms with van der Waals surface area (Å²) in [7, 11) is 1.25. The van der Waals surface area contributed by atoms with Gasteiger partial charge in [-0.15, -0.1) is 0 Å². The van der Waals surface area contributed by atoms with E-state index in [4.69, 9.17) is 4.74 Å². The summed E-state index contributed by atoms with van der Waals surface area (Å²) in [4.78, 5) is 24.8. The molecule has 1 aliphatic carbocycles. The van der Waals surface area contributed by atoms with E-state index in [1.807, 2.05) is 32.9 Å². The van der Waals surface area contributed by atoms with Gasteiger partial charge in [0.2, 0.25) is 0 Å². The second-order valence-corrected chi connectivity index (χ2v) is 10.8. The Morgan fingerprint density at radius 2 is 1.61 bits per heavy atom. The number of carbonyl (C=O) groups excluding carboxylic acids is 1. The monoisotopic (exact) mass is 456 g/mol. The second kappa shape index (κ2) is 8.82. The van der Waals surface area contributed by atoms with Crippen LogP contribution in [-0.2, 0) is 0 Å². The molecule has 1 unspecified atom stereocenters. The first-order valence-corrected chi connectivity index (χ1v) is 11.0. The van der Waals surface area contributed by atoms with Crippen molar-refractivity contribution in [3.05, 3.63) is 57.7 Å². The Labute approximate surface area is 196 Å². The fourth-order valence-corrected chi connectivity index (χ4v) is 3.91. The minimum Gasteiger partial charge on any atom is -0.504 e. The Hall–Kier alpha value is -2.86. The largest absolute Gasteiger partial charge is 0.504 e. The first-order valence-electron chi connectivity index (χ1n) is 11.0. The maximum absolute atomic E-state index is 13.1. The molecule has 0 amide bonds. The van der Waals surface area contributed by atoms with E-state index in [-0.39, 0.29) is 22.3 Å². The van der Waals surface area contributed by atoms with Crippen molar-refractivity contribution in [3.63, 3.8) is 0 Å². The van der Waals surface area contributed by atoms with Crippen LogP contribution in [0.3, 0.4) is 0 Å². The molecule has 0 radical (unpaired) electrons. The van der Waals surface area contributed by atoms with Gasteiger partial charge in [0.1, 0.15) is 5.56 Å². The number of hydrogen-bond acceptors (Lipinski definition) is 5. The quantitative estimate of drug-likeness (QED) is 0.397. The number of benzene rings is 1. The highest BCUT2D eigenvalue weighted by Crippen LogP contribution is 2.44. The van der Waals surface area contributed by atoms with Gasteiger partial charge in [-0.25, -0.2) is 4.79 Å². The number of aromatic carboxylic acids is 1. The normalized spacial score (nSPS) is 19.3. The van der Waals surface area contributed by atoms with Crippen LogP contribution in [0.1, 0.15) is 79.8 Å². The molecule has 0 fully saturated rings. The summed E-state index contributed by atoms with van der Waals surface area (Å²) in [5, 5.41) is 31.6. The molecule has 1 atom stereocenters. The number of phenolic OH excluding ortho intramolecular Hbond substituents is 1. The Morgan fingerprint density at radius 1 is 1.06 bits per heavy atom. The van der Waals surface area contributed by atoms with Crippen molar-refractivity contribution in [2.24, 2.45) is 10.8 Å². The average Bonchev–Trinajstić information content (AvgIpc) is 2.66. The zero-order valence-electron chi connectivity index (χ0n) is 21.1. The highest BCUT2D eigenvalue weighted by molar-refractivity contribution is 6.10. The number of aliphatic hydroxyl groups is 1. The number of rotatable bonds is 5. The van der Waals surface area contributed by atoms with Crippen LogP contribution in [0.25, 0.3) is 0 Å². The summed E-state index contributed by atoms with van der Waals surface area (Å²) in [6.45, 7) is 15.3. The van der Waals surface area contributed by atoms with Crippen LogP contribution in [-0.4, -0.2) is 39.8 Å². The van der Waals surface area contributed by atoms with Crippen molar-refractivity contribution < 1.29 is 29.6 Å². The van der Waals surface area contributed by atoms with Gasteiger partial charge in [-0.2, -0.15) is 0 Å². The van der Waals surface area contributed by atoms with Crippen molar-refractivity contribution in [1.29, 1.82) is 0 Å². The summed E-state index contributed by atoms with van der Waals surface area (Å²) in [6.07, 6.45) is 7.24. The maximum atomic E-state index is 13.1. The third kappa shape index (κ3) is 5.06. The molecule has 0 saturated carbocycles. The van der Waals surface area contributed by atoms with Crippen molar-refractivity contribution in [1.82, 2.24) is 0 Å². The summed E-state index contributed by atoms with van der Waals surface area (Å²) < 4.78 is 5.12. The molecule has 1 aliphatic rings. The third-order valence-corrected chi connectivity index (χ3v) is 6.48. The van der Waals surface area contributed by atoms with Crippen molar-refractivity contribution >= 4 is 11.8 Å². The predicted octanol–water partition coefficient (Wildman–Crippen LogP) is 5.53.